The Balaban J connectivity index is 1.52. The van der Waals surface area contributed by atoms with E-state index in [0.29, 0.717) is 24.1 Å². The first-order valence-electron chi connectivity index (χ1n) is 12.3. The second-order valence-corrected chi connectivity index (χ2v) is 11.6. The van der Waals surface area contributed by atoms with Crippen LogP contribution in [0.15, 0.2) is 12.3 Å². The average Bonchev–Trinajstić information content (AvgIpc) is 3.30. The van der Waals surface area contributed by atoms with Gasteiger partial charge in [0.15, 0.2) is 0 Å². The number of nitrogens with zero attached hydrogens (tertiary/aromatic N) is 4. The molecule has 2 aliphatic carbocycles. The third-order valence-electron chi connectivity index (χ3n) is 7.48. The van der Waals surface area contributed by atoms with Crippen molar-refractivity contribution in [2.24, 2.45) is 11.8 Å². The Labute approximate surface area is 209 Å². The van der Waals surface area contributed by atoms with Crippen molar-refractivity contribution in [3.63, 3.8) is 0 Å². The summed E-state index contributed by atoms with van der Waals surface area (Å²) in [6.07, 6.45) is 3.82. The summed E-state index contributed by atoms with van der Waals surface area (Å²) < 4.78 is 1.03. The van der Waals surface area contributed by atoms with Crippen LogP contribution in [0, 0.1) is 25.7 Å². The van der Waals surface area contributed by atoms with Crippen LogP contribution in [-0.2, 0) is 0 Å². The van der Waals surface area contributed by atoms with E-state index in [9.17, 15) is 15.3 Å². The normalized spacial score (nSPS) is 25.1. The molecule has 10 heteroatoms. The van der Waals surface area contributed by atoms with Gasteiger partial charge in [-0.25, -0.2) is 9.97 Å². The first kappa shape index (κ1) is 24.3. The van der Waals surface area contributed by atoms with Gasteiger partial charge in [-0.15, -0.1) is 11.3 Å². The number of nitrogens with one attached hydrogen (secondary N) is 2. The quantitative estimate of drug-likeness (QED) is 0.332. The number of hydrogen-bond donors (Lipinski definition) is 5. The van der Waals surface area contributed by atoms with Gasteiger partial charge in [-0.3, -0.25) is 4.98 Å². The van der Waals surface area contributed by atoms with Crippen molar-refractivity contribution in [1.29, 1.82) is 0 Å². The van der Waals surface area contributed by atoms with E-state index in [4.69, 9.17) is 15.0 Å². The summed E-state index contributed by atoms with van der Waals surface area (Å²) in [7, 11) is 0. The lowest BCUT2D eigenvalue weighted by Gasteiger charge is -2.28. The molecule has 0 spiro atoms. The van der Waals surface area contributed by atoms with Gasteiger partial charge in [0, 0.05) is 18.7 Å². The van der Waals surface area contributed by atoms with Crippen LogP contribution < -0.4 is 10.6 Å². The Morgan fingerprint density at radius 1 is 1.09 bits per heavy atom. The van der Waals surface area contributed by atoms with Crippen molar-refractivity contribution in [3.05, 3.63) is 23.7 Å². The van der Waals surface area contributed by atoms with Crippen molar-refractivity contribution >= 4 is 33.3 Å². The molecule has 5 N–H and O–H groups in total. The zero-order valence-electron chi connectivity index (χ0n) is 20.6. The van der Waals surface area contributed by atoms with Crippen LogP contribution in [0.4, 0.5) is 11.8 Å². The van der Waals surface area contributed by atoms with Gasteiger partial charge in [0.25, 0.3) is 0 Å². The molecular formula is C25H34N6O3S. The van der Waals surface area contributed by atoms with E-state index in [-0.39, 0.29) is 0 Å². The number of aromatic nitrogens is 4. The number of fused-ring (bicyclic) bond motifs is 1. The second-order valence-electron chi connectivity index (χ2n) is 10.5. The molecule has 0 radical (unpaired) electrons. The largest absolute Gasteiger partial charge is 0.390 e. The van der Waals surface area contributed by atoms with Crippen LogP contribution in [0.1, 0.15) is 50.9 Å². The Morgan fingerprint density at radius 3 is 2.49 bits per heavy atom. The van der Waals surface area contributed by atoms with E-state index in [1.807, 2.05) is 19.9 Å². The molecule has 0 amide bonds. The van der Waals surface area contributed by atoms with E-state index in [1.54, 1.807) is 31.4 Å². The lowest BCUT2D eigenvalue weighted by atomic mass is 9.85. The molecule has 0 unspecified atom stereocenters. The van der Waals surface area contributed by atoms with Gasteiger partial charge in [0.2, 0.25) is 5.95 Å². The standard InChI is InChI=1S/C25H34N6O3S/c1-12-18(23-30-19-13(2)26-9-8-17(19)35-23)22(31-24(28-12)27-11-14-6-5-7-14)29-16-10-15(25(3,4)34)20(32)21(16)33/h8-9,14-16,20-21,32-34H,5-7,10-11H2,1-4H3,(H2,27,28,29,31)/t15-,16+,20+,21-/m0/s1. The lowest BCUT2D eigenvalue weighted by Crippen LogP contribution is -2.40. The zero-order chi connectivity index (χ0) is 24.9. The van der Waals surface area contributed by atoms with Gasteiger partial charge < -0.3 is 26.0 Å². The van der Waals surface area contributed by atoms with E-state index in [2.05, 4.69) is 15.6 Å². The fourth-order valence-corrected chi connectivity index (χ4v) is 6.20. The third-order valence-corrected chi connectivity index (χ3v) is 8.52. The summed E-state index contributed by atoms with van der Waals surface area (Å²) in [4.78, 5) is 18.8. The molecule has 35 heavy (non-hydrogen) atoms. The van der Waals surface area contributed by atoms with Crippen LogP contribution >= 0.6 is 11.3 Å². The first-order chi connectivity index (χ1) is 16.6. The summed E-state index contributed by atoms with van der Waals surface area (Å²) in [5.74, 6) is 1.28. The van der Waals surface area contributed by atoms with Crippen LogP contribution in [0.2, 0.25) is 0 Å². The van der Waals surface area contributed by atoms with Gasteiger partial charge in [0.05, 0.1) is 39.4 Å². The molecule has 3 aromatic rings. The summed E-state index contributed by atoms with van der Waals surface area (Å²) in [5, 5.41) is 39.5. The van der Waals surface area contributed by atoms with Crippen LogP contribution in [0.25, 0.3) is 20.8 Å². The van der Waals surface area contributed by atoms with Gasteiger partial charge >= 0.3 is 0 Å². The maximum absolute atomic E-state index is 10.8. The molecule has 3 heterocycles. The maximum Gasteiger partial charge on any atom is 0.224 e. The fraction of sp³-hybridized carbons (Fsp3) is 0.600. The Morgan fingerprint density at radius 2 is 1.86 bits per heavy atom. The van der Waals surface area contributed by atoms with Crippen molar-refractivity contribution in [3.8, 4) is 10.6 Å². The third kappa shape index (κ3) is 4.72. The number of thiazole rings is 1. The number of anilines is 2. The topological polar surface area (TPSA) is 136 Å². The van der Waals surface area contributed by atoms with Crippen LogP contribution in [-0.4, -0.2) is 65.7 Å². The molecule has 0 bridgehead atoms. The molecule has 0 aliphatic heterocycles. The highest BCUT2D eigenvalue weighted by Gasteiger charge is 2.48. The molecule has 2 saturated carbocycles. The zero-order valence-corrected chi connectivity index (χ0v) is 21.4. The monoisotopic (exact) mass is 498 g/mol. The summed E-state index contributed by atoms with van der Waals surface area (Å²) >= 11 is 1.55. The number of rotatable bonds is 7. The van der Waals surface area contributed by atoms with Crippen LogP contribution in [0.3, 0.4) is 0 Å². The van der Waals surface area contributed by atoms with E-state index in [1.165, 1.54) is 19.3 Å². The van der Waals surface area contributed by atoms with Crippen LogP contribution in [0.5, 0.6) is 0 Å². The van der Waals surface area contributed by atoms with Crippen molar-refractivity contribution in [1.82, 2.24) is 19.9 Å². The molecule has 9 nitrogen and oxygen atoms in total. The van der Waals surface area contributed by atoms with Gasteiger partial charge in [-0.1, -0.05) is 6.42 Å². The minimum Gasteiger partial charge on any atom is -0.390 e. The number of aliphatic hydroxyl groups is 3. The van der Waals surface area contributed by atoms with Gasteiger partial charge in [-0.2, -0.15) is 4.98 Å². The van der Waals surface area contributed by atoms with Crippen molar-refractivity contribution in [2.45, 2.75) is 77.2 Å². The molecule has 2 fully saturated rings. The minimum absolute atomic E-state index is 0.405. The average molecular weight is 499 g/mol. The maximum atomic E-state index is 10.8. The highest BCUT2D eigenvalue weighted by atomic mass is 32.1. The highest BCUT2D eigenvalue weighted by Crippen LogP contribution is 2.40. The predicted octanol–water partition coefficient (Wildman–Crippen LogP) is 3.27. The van der Waals surface area contributed by atoms with E-state index < -0.39 is 29.8 Å². The van der Waals surface area contributed by atoms with Crippen molar-refractivity contribution < 1.29 is 15.3 Å². The molecule has 5 rings (SSSR count). The molecule has 4 atom stereocenters. The smallest absolute Gasteiger partial charge is 0.224 e. The fourth-order valence-electron chi connectivity index (χ4n) is 5.09. The predicted molar refractivity (Wildman–Crippen MR) is 138 cm³/mol. The molecule has 3 aromatic heterocycles. The highest BCUT2D eigenvalue weighted by molar-refractivity contribution is 7.21. The number of aliphatic hydroxyl groups excluding tert-OH is 2. The molecule has 0 aromatic carbocycles. The van der Waals surface area contributed by atoms with E-state index >= 15 is 0 Å². The molecule has 188 valence electrons. The number of pyridine rings is 1. The first-order valence-corrected chi connectivity index (χ1v) is 13.1. The summed E-state index contributed by atoms with van der Waals surface area (Å²) in [5.41, 5.74) is 2.14. The lowest BCUT2D eigenvalue weighted by molar-refractivity contribution is -0.0601. The van der Waals surface area contributed by atoms with Gasteiger partial charge in [0.1, 0.15) is 22.4 Å². The molecule has 2 aliphatic rings. The molecular weight excluding hydrogens is 464 g/mol. The Kier molecular flexibility index (Phi) is 6.41. The minimum atomic E-state index is -1.12. The molecule has 0 saturated heterocycles. The Bertz CT molecular complexity index is 1220. The van der Waals surface area contributed by atoms with Crippen molar-refractivity contribution in [2.75, 3.05) is 17.2 Å². The van der Waals surface area contributed by atoms with E-state index in [0.717, 1.165) is 38.7 Å². The Hall–Kier alpha value is -2.40. The number of hydrogen-bond acceptors (Lipinski definition) is 10. The van der Waals surface area contributed by atoms with Gasteiger partial charge in [-0.05, 0) is 58.9 Å². The summed E-state index contributed by atoms with van der Waals surface area (Å²) in [6, 6.07) is 1.47. The number of aryl methyl sites for hydroxylation is 2. The second kappa shape index (κ2) is 9.24. The SMILES string of the molecule is Cc1nc(NCC2CCC2)nc(N[C@@H]2C[C@H](C(C)(C)O)[C@@H](O)[C@H]2O)c1-c1nc2c(C)nccc2s1. The summed E-state index contributed by atoms with van der Waals surface area (Å²) in [6.45, 7) is 8.03.